The Morgan fingerprint density at radius 3 is 2.56 bits per heavy atom. The molecule has 0 bridgehead atoms. The minimum absolute atomic E-state index is 0.0153. The van der Waals surface area contributed by atoms with Gasteiger partial charge in [0.2, 0.25) is 15.8 Å². The predicted molar refractivity (Wildman–Crippen MR) is 127 cm³/mol. The Morgan fingerprint density at radius 1 is 1.28 bits per heavy atom. The first kappa shape index (κ1) is 24.4. The fourth-order valence-corrected chi connectivity index (χ4v) is 4.61. The SMILES string of the molecule is CCc1cc2c(nc1Cl)CCC(CC(C)C)C(=O)C(=NCc1ccc(S(N)(=O)=O)cc1)N2. The van der Waals surface area contributed by atoms with Crippen LogP contribution in [0.5, 0.6) is 0 Å². The average molecular weight is 477 g/mol. The van der Waals surface area contributed by atoms with Crippen LogP contribution >= 0.6 is 11.6 Å². The van der Waals surface area contributed by atoms with Gasteiger partial charge in [-0.15, -0.1) is 0 Å². The van der Waals surface area contributed by atoms with Gasteiger partial charge in [0.1, 0.15) is 5.15 Å². The number of hydrogen-bond acceptors (Lipinski definition) is 5. The number of aryl methyl sites for hydroxylation is 2. The number of nitrogens with one attached hydrogen (secondary N) is 1. The maximum absolute atomic E-state index is 13.3. The molecular formula is C23H29ClN4O3S. The van der Waals surface area contributed by atoms with Gasteiger partial charge in [0.25, 0.3) is 0 Å². The van der Waals surface area contributed by atoms with Gasteiger partial charge in [0.05, 0.1) is 22.8 Å². The van der Waals surface area contributed by atoms with Crippen LogP contribution < -0.4 is 10.5 Å². The number of carbonyl (C=O) groups is 1. The summed E-state index contributed by atoms with van der Waals surface area (Å²) in [4.78, 5) is 22.5. The van der Waals surface area contributed by atoms with E-state index in [-0.39, 0.29) is 23.1 Å². The summed E-state index contributed by atoms with van der Waals surface area (Å²) < 4.78 is 22.9. The number of aromatic nitrogens is 1. The fourth-order valence-electron chi connectivity index (χ4n) is 3.81. The van der Waals surface area contributed by atoms with Crippen molar-refractivity contribution in [2.75, 3.05) is 5.32 Å². The van der Waals surface area contributed by atoms with Crippen molar-refractivity contribution in [3.05, 3.63) is 52.3 Å². The van der Waals surface area contributed by atoms with Crippen LogP contribution in [0, 0.1) is 11.8 Å². The van der Waals surface area contributed by atoms with E-state index in [9.17, 15) is 13.2 Å². The number of aliphatic imine (C=N–C) groups is 1. The monoisotopic (exact) mass is 476 g/mol. The molecule has 172 valence electrons. The van der Waals surface area contributed by atoms with Gasteiger partial charge in [-0.1, -0.05) is 44.5 Å². The van der Waals surface area contributed by atoms with E-state index in [2.05, 4.69) is 29.1 Å². The van der Waals surface area contributed by atoms with E-state index < -0.39 is 10.0 Å². The molecule has 9 heteroatoms. The second-order valence-corrected chi connectivity index (χ2v) is 10.4. The van der Waals surface area contributed by atoms with Crippen molar-refractivity contribution in [2.45, 2.75) is 57.9 Å². The second-order valence-electron chi connectivity index (χ2n) is 8.49. The molecule has 0 amide bonds. The first-order valence-corrected chi connectivity index (χ1v) is 12.7. The summed E-state index contributed by atoms with van der Waals surface area (Å²) in [6.45, 7) is 6.42. The standard InChI is InChI=1S/C23H29ClN4O3S/c1-4-16-12-20-19(27-22(16)24)10-7-17(11-14(2)3)21(29)23(28-20)26-13-15-5-8-18(9-6-15)32(25,30)31/h5-6,8-9,12,14,17H,4,7,10-11,13H2,1-3H3,(H,26,28)(H2,25,30,31). The van der Waals surface area contributed by atoms with Crippen molar-refractivity contribution in [3.63, 3.8) is 0 Å². The Hall–Kier alpha value is -2.29. The number of halogens is 1. The number of nitrogens with two attached hydrogens (primary N) is 1. The molecular weight excluding hydrogens is 448 g/mol. The third kappa shape index (κ3) is 5.94. The lowest BCUT2D eigenvalue weighted by molar-refractivity contribution is -0.117. The van der Waals surface area contributed by atoms with Crippen LogP contribution in [-0.4, -0.2) is 25.0 Å². The summed E-state index contributed by atoms with van der Waals surface area (Å²) in [5.74, 6) is 0.483. The molecule has 2 aromatic rings. The molecule has 3 N–H and O–H groups in total. The summed E-state index contributed by atoms with van der Waals surface area (Å²) in [7, 11) is -3.76. The van der Waals surface area contributed by atoms with Crippen LogP contribution in [0.3, 0.4) is 0 Å². The van der Waals surface area contributed by atoms with Crippen molar-refractivity contribution >= 4 is 38.9 Å². The van der Waals surface area contributed by atoms with Crippen molar-refractivity contribution in [1.82, 2.24) is 4.98 Å². The lowest BCUT2D eigenvalue weighted by Crippen LogP contribution is -2.33. The summed E-state index contributed by atoms with van der Waals surface area (Å²) in [6, 6.07) is 8.11. The quantitative estimate of drug-likeness (QED) is 0.608. The smallest absolute Gasteiger partial charge is 0.238 e. The first-order chi connectivity index (χ1) is 15.1. The molecule has 1 aromatic carbocycles. The van der Waals surface area contributed by atoms with Crippen LogP contribution in [-0.2, 0) is 34.2 Å². The average Bonchev–Trinajstić information content (AvgIpc) is 2.73. The summed E-state index contributed by atoms with van der Waals surface area (Å²) in [5, 5.41) is 8.88. The number of hydrogen-bond donors (Lipinski definition) is 2. The maximum Gasteiger partial charge on any atom is 0.238 e. The number of carbonyl (C=O) groups excluding carboxylic acids is 1. The van der Waals surface area contributed by atoms with Crippen LogP contribution in [0.1, 0.15) is 50.4 Å². The fraction of sp³-hybridized carbons (Fsp3) is 0.435. The van der Waals surface area contributed by atoms with E-state index in [0.29, 0.717) is 29.7 Å². The van der Waals surface area contributed by atoms with Gasteiger partial charge < -0.3 is 5.32 Å². The molecule has 32 heavy (non-hydrogen) atoms. The normalized spacial score (nSPS) is 18.2. The number of Topliss-reactive ketones (excluding diaryl/α,β-unsaturated/α-hetero) is 1. The topological polar surface area (TPSA) is 115 Å². The van der Waals surface area contributed by atoms with E-state index >= 15 is 0 Å². The molecule has 0 saturated heterocycles. The Kier molecular flexibility index (Phi) is 7.69. The highest BCUT2D eigenvalue weighted by Gasteiger charge is 2.28. The van der Waals surface area contributed by atoms with Crippen molar-refractivity contribution in [1.29, 1.82) is 0 Å². The first-order valence-electron chi connectivity index (χ1n) is 10.7. The molecule has 1 aliphatic heterocycles. The number of primary sulfonamides is 1. The van der Waals surface area contributed by atoms with Crippen LogP contribution in [0.25, 0.3) is 0 Å². The number of sulfonamides is 1. The molecule has 1 unspecified atom stereocenters. The number of nitrogens with zero attached hydrogens (tertiary/aromatic N) is 2. The predicted octanol–water partition coefficient (Wildman–Crippen LogP) is 4.13. The molecule has 1 aromatic heterocycles. The third-order valence-electron chi connectivity index (χ3n) is 5.52. The summed E-state index contributed by atoms with van der Waals surface area (Å²) in [5.41, 5.74) is 3.26. The van der Waals surface area contributed by atoms with Crippen molar-refractivity contribution in [2.24, 2.45) is 22.0 Å². The molecule has 3 rings (SSSR count). The van der Waals surface area contributed by atoms with Gasteiger partial charge in [0, 0.05) is 5.92 Å². The third-order valence-corrected chi connectivity index (χ3v) is 6.78. The van der Waals surface area contributed by atoms with Gasteiger partial charge in [-0.3, -0.25) is 9.79 Å². The molecule has 0 radical (unpaired) electrons. The minimum atomic E-state index is -3.76. The Bertz CT molecular complexity index is 1130. The molecule has 7 nitrogen and oxygen atoms in total. The number of benzene rings is 1. The Balaban J connectivity index is 1.95. The summed E-state index contributed by atoms with van der Waals surface area (Å²) in [6.07, 6.45) is 2.84. The highest BCUT2D eigenvalue weighted by Crippen LogP contribution is 2.29. The van der Waals surface area contributed by atoms with Crippen molar-refractivity contribution < 1.29 is 13.2 Å². The van der Waals surface area contributed by atoms with Gasteiger partial charge in [-0.2, -0.15) is 0 Å². The van der Waals surface area contributed by atoms with Gasteiger partial charge in [0.15, 0.2) is 5.84 Å². The second kappa shape index (κ2) is 10.1. The molecule has 0 aliphatic carbocycles. The molecule has 0 saturated carbocycles. The van der Waals surface area contributed by atoms with E-state index in [4.69, 9.17) is 16.7 Å². The van der Waals surface area contributed by atoms with Crippen molar-refractivity contribution in [3.8, 4) is 0 Å². The molecule has 0 fully saturated rings. The van der Waals surface area contributed by atoms with E-state index in [1.165, 1.54) is 12.1 Å². The van der Waals surface area contributed by atoms with Crippen LogP contribution in [0.2, 0.25) is 5.15 Å². The van der Waals surface area contributed by atoms with Crippen LogP contribution in [0.4, 0.5) is 5.69 Å². The zero-order valence-electron chi connectivity index (χ0n) is 18.6. The summed E-state index contributed by atoms with van der Waals surface area (Å²) >= 11 is 6.34. The lowest BCUT2D eigenvalue weighted by Gasteiger charge is -2.24. The zero-order valence-corrected chi connectivity index (χ0v) is 20.1. The Morgan fingerprint density at radius 2 is 1.97 bits per heavy atom. The van der Waals surface area contributed by atoms with Gasteiger partial charge in [-0.25, -0.2) is 18.5 Å². The number of amidine groups is 1. The minimum Gasteiger partial charge on any atom is -0.336 e. The lowest BCUT2D eigenvalue weighted by atomic mass is 9.87. The maximum atomic E-state index is 13.3. The number of rotatable bonds is 6. The number of anilines is 1. The highest BCUT2D eigenvalue weighted by atomic mass is 35.5. The number of ketones is 1. The molecule has 2 heterocycles. The Labute approximate surface area is 194 Å². The largest absolute Gasteiger partial charge is 0.336 e. The molecule has 0 spiro atoms. The molecule has 1 aliphatic rings. The van der Waals surface area contributed by atoms with Gasteiger partial charge >= 0.3 is 0 Å². The molecule has 1 atom stereocenters. The highest BCUT2D eigenvalue weighted by molar-refractivity contribution is 7.89. The number of fused-ring (bicyclic) bond motifs is 1. The van der Waals surface area contributed by atoms with E-state index in [1.54, 1.807) is 12.1 Å². The van der Waals surface area contributed by atoms with Gasteiger partial charge in [-0.05, 0) is 60.9 Å². The van der Waals surface area contributed by atoms with E-state index in [0.717, 1.165) is 35.3 Å². The number of pyridine rings is 1. The van der Waals surface area contributed by atoms with Crippen LogP contribution in [0.15, 0.2) is 40.2 Å². The zero-order chi connectivity index (χ0) is 23.5. The van der Waals surface area contributed by atoms with E-state index in [1.807, 2.05) is 13.0 Å².